The lowest BCUT2D eigenvalue weighted by atomic mass is 10.2. The molecule has 7 heteroatoms. The lowest BCUT2D eigenvalue weighted by Gasteiger charge is -2.28. The van der Waals surface area contributed by atoms with Crippen molar-refractivity contribution in [1.29, 1.82) is 0 Å². The standard InChI is InChI=1S/C15H20N6O/c1-4-12-17-18-13-10-20(8-9-21(12)13)15(22)11-6-5-7-16-14(11)19(2)3/h5-7H,4,8-10H2,1-3H3. The third kappa shape index (κ3) is 2.43. The summed E-state index contributed by atoms with van der Waals surface area (Å²) in [6.07, 6.45) is 2.56. The fourth-order valence-electron chi connectivity index (χ4n) is 2.74. The van der Waals surface area contributed by atoms with E-state index in [-0.39, 0.29) is 5.91 Å². The second kappa shape index (κ2) is 5.75. The molecule has 1 aliphatic heterocycles. The first-order chi connectivity index (χ1) is 10.6. The lowest BCUT2D eigenvalue weighted by molar-refractivity contribution is 0.0707. The van der Waals surface area contributed by atoms with Gasteiger partial charge in [0.2, 0.25) is 0 Å². The van der Waals surface area contributed by atoms with Gasteiger partial charge in [-0.1, -0.05) is 6.92 Å². The van der Waals surface area contributed by atoms with Crippen LogP contribution in [0.25, 0.3) is 0 Å². The van der Waals surface area contributed by atoms with Gasteiger partial charge >= 0.3 is 0 Å². The summed E-state index contributed by atoms with van der Waals surface area (Å²) in [7, 11) is 3.78. The molecule has 1 amide bonds. The smallest absolute Gasteiger partial charge is 0.258 e. The van der Waals surface area contributed by atoms with Crippen LogP contribution in [0.1, 0.15) is 28.9 Å². The van der Waals surface area contributed by atoms with E-state index in [1.807, 2.05) is 30.0 Å². The first kappa shape index (κ1) is 14.5. The molecule has 0 unspecified atom stereocenters. The molecule has 0 spiro atoms. The maximum atomic E-state index is 12.8. The Kier molecular flexibility index (Phi) is 3.79. The lowest BCUT2D eigenvalue weighted by Crippen LogP contribution is -2.39. The van der Waals surface area contributed by atoms with E-state index < -0.39 is 0 Å². The van der Waals surface area contributed by atoms with Gasteiger partial charge in [-0.3, -0.25) is 4.79 Å². The Balaban J connectivity index is 1.86. The molecular formula is C15H20N6O. The van der Waals surface area contributed by atoms with Crippen LogP contribution in [0.15, 0.2) is 18.3 Å². The molecule has 22 heavy (non-hydrogen) atoms. The molecule has 0 bridgehead atoms. The molecule has 2 aromatic rings. The number of carbonyl (C=O) groups is 1. The molecule has 0 atom stereocenters. The van der Waals surface area contributed by atoms with Crippen LogP contribution in [-0.4, -0.2) is 51.2 Å². The highest BCUT2D eigenvalue weighted by Gasteiger charge is 2.26. The predicted octanol–water partition coefficient (Wildman–Crippen LogP) is 0.957. The number of hydrogen-bond acceptors (Lipinski definition) is 5. The Labute approximate surface area is 129 Å². The van der Waals surface area contributed by atoms with Crippen molar-refractivity contribution in [3.05, 3.63) is 35.5 Å². The first-order valence-corrected chi connectivity index (χ1v) is 7.44. The highest BCUT2D eigenvalue weighted by Crippen LogP contribution is 2.20. The van der Waals surface area contributed by atoms with Gasteiger partial charge in [0.15, 0.2) is 5.82 Å². The molecular weight excluding hydrogens is 280 g/mol. The zero-order valence-electron chi connectivity index (χ0n) is 13.2. The minimum atomic E-state index is -0.0101. The summed E-state index contributed by atoms with van der Waals surface area (Å²) in [6.45, 7) is 3.97. The van der Waals surface area contributed by atoms with Crippen LogP contribution >= 0.6 is 0 Å². The number of carbonyl (C=O) groups excluding carboxylic acids is 1. The number of anilines is 1. The van der Waals surface area contributed by atoms with Crippen molar-refractivity contribution in [2.75, 3.05) is 25.5 Å². The van der Waals surface area contributed by atoms with Gasteiger partial charge < -0.3 is 14.4 Å². The van der Waals surface area contributed by atoms with Crippen molar-refractivity contribution >= 4 is 11.7 Å². The van der Waals surface area contributed by atoms with Gasteiger partial charge in [0.1, 0.15) is 11.6 Å². The Morgan fingerprint density at radius 1 is 1.32 bits per heavy atom. The van der Waals surface area contributed by atoms with Crippen LogP contribution in [0.2, 0.25) is 0 Å². The summed E-state index contributed by atoms with van der Waals surface area (Å²) in [5.74, 6) is 2.52. The molecule has 0 fully saturated rings. The maximum absolute atomic E-state index is 12.8. The van der Waals surface area contributed by atoms with Crippen LogP contribution < -0.4 is 4.90 Å². The highest BCUT2D eigenvalue weighted by molar-refractivity contribution is 5.98. The number of nitrogens with zero attached hydrogens (tertiary/aromatic N) is 6. The van der Waals surface area contributed by atoms with Crippen LogP contribution in [0.3, 0.4) is 0 Å². The number of aromatic nitrogens is 4. The minimum Gasteiger partial charge on any atom is -0.362 e. The maximum Gasteiger partial charge on any atom is 0.258 e. The van der Waals surface area contributed by atoms with E-state index in [1.165, 1.54) is 0 Å². The Morgan fingerprint density at radius 3 is 2.86 bits per heavy atom. The molecule has 116 valence electrons. The van der Waals surface area contributed by atoms with Crippen LogP contribution in [0.4, 0.5) is 5.82 Å². The number of pyridine rings is 1. The van der Waals surface area contributed by atoms with E-state index in [9.17, 15) is 4.79 Å². The molecule has 2 aromatic heterocycles. The van der Waals surface area contributed by atoms with Gasteiger partial charge in [-0.2, -0.15) is 0 Å². The van der Waals surface area contributed by atoms with Crippen molar-refractivity contribution < 1.29 is 4.79 Å². The molecule has 0 saturated carbocycles. The molecule has 3 heterocycles. The van der Waals surface area contributed by atoms with Crippen molar-refractivity contribution in [3.8, 4) is 0 Å². The fraction of sp³-hybridized carbons (Fsp3) is 0.467. The van der Waals surface area contributed by atoms with Crippen molar-refractivity contribution in [2.24, 2.45) is 0 Å². The summed E-state index contributed by atoms with van der Waals surface area (Å²) in [5.41, 5.74) is 0.621. The SMILES string of the molecule is CCc1nnc2n1CCN(C(=O)c1cccnc1N(C)C)C2. The van der Waals surface area contributed by atoms with Crippen LogP contribution in [-0.2, 0) is 19.5 Å². The quantitative estimate of drug-likeness (QED) is 0.844. The normalized spacial score (nSPS) is 13.9. The third-order valence-electron chi connectivity index (χ3n) is 3.87. The van der Waals surface area contributed by atoms with Gasteiger partial charge in [0, 0.05) is 39.8 Å². The predicted molar refractivity (Wildman–Crippen MR) is 82.7 cm³/mol. The van der Waals surface area contributed by atoms with Crippen molar-refractivity contribution in [2.45, 2.75) is 26.4 Å². The second-order valence-electron chi connectivity index (χ2n) is 5.53. The number of amides is 1. The topological polar surface area (TPSA) is 67.2 Å². The highest BCUT2D eigenvalue weighted by atomic mass is 16.2. The van der Waals surface area contributed by atoms with Crippen LogP contribution in [0, 0.1) is 0 Å². The summed E-state index contributed by atoms with van der Waals surface area (Å²) >= 11 is 0. The Bertz CT molecular complexity index is 693. The first-order valence-electron chi connectivity index (χ1n) is 7.44. The third-order valence-corrected chi connectivity index (χ3v) is 3.87. The molecule has 0 aromatic carbocycles. The van der Waals surface area contributed by atoms with E-state index in [4.69, 9.17) is 0 Å². The van der Waals surface area contributed by atoms with Gasteiger partial charge in [-0.05, 0) is 12.1 Å². The van der Waals surface area contributed by atoms with Gasteiger partial charge in [-0.25, -0.2) is 4.98 Å². The molecule has 7 nitrogen and oxygen atoms in total. The van der Waals surface area contributed by atoms with Crippen LogP contribution in [0.5, 0.6) is 0 Å². The average molecular weight is 300 g/mol. The molecule has 0 aliphatic carbocycles. The number of fused-ring (bicyclic) bond motifs is 1. The number of rotatable bonds is 3. The van der Waals surface area contributed by atoms with E-state index in [2.05, 4.69) is 26.7 Å². The zero-order valence-corrected chi connectivity index (χ0v) is 13.2. The number of hydrogen-bond donors (Lipinski definition) is 0. The zero-order chi connectivity index (χ0) is 15.7. The van der Waals surface area contributed by atoms with E-state index in [1.54, 1.807) is 12.3 Å². The summed E-state index contributed by atoms with van der Waals surface area (Å²) in [6, 6.07) is 3.61. The Hall–Kier alpha value is -2.44. The van der Waals surface area contributed by atoms with Crippen molar-refractivity contribution in [3.63, 3.8) is 0 Å². The molecule has 1 aliphatic rings. The van der Waals surface area contributed by atoms with Gasteiger partial charge in [0.25, 0.3) is 5.91 Å². The van der Waals surface area contributed by atoms with Crippen molar-refractivity contribution in [1.82, 2.24) is 24.6 Å². The number of aryl methyl sites for hydroxylation is 1. The second-order valence-corrected chi connectivity index (χ2v) is 5.53. The molecule has 0 radical (unpaired) electrons. The largest absolute Gasteiger partial charge is 0.362 e. The fourth-order valence-corrected chi connectivity index (χ4v) is 2.74. The van der Waals surface area contributed by atoms with Gasteiger partial charge in [-0.15, -0.1) is 10.2 Å². The minimum absolute atomic E-state index is 0.0101. The summed E-state index contributed by atoms with van der Waals surface area (Å²) < 4.78 is 2.11. The average Bonchev–Trinajstić information content (AvgIpc) is 2.96. The Morgan fingerprint density at radius 2 is 2.14 bits per heavy atom. The molecule has 0 saturated heterocycles. The van der Waals surface area contributed by atoms with E-state index in [0.717, 1.165) is 24.6 Å². The molecule has 0 N–H and O–H groups in total. The van der Waals surface area contributed by atoms with Gasteiger partial charge in [0.05, 0.1) is 12.1 Å². The van der Waals surface area contributed by atoms with E-state index in [0.29, 0.717) is 24.5 Å². The summed E-state index contributed by atoms with van der Waals surface area (Å²) in [5, 5.41) is 8.39. The summed E-state index contributed by atoms with van der Waals surface area (Å²) in [4.78, 5) is 20.8. The monoisotopic (exact) mass is 300 g/mol. The molecule has 3 rings (SSSR count). The van der Waals surface area contributed by atoms with E-state index >= 15 is 0 Å².